The summed E-state index contributed by atoms with van der Waals surface area (Å²) in [6.07, 6.45) is 0. The van der Waals surface area contributed by atoms with Crippen LogP contribution in [0.2, 0.25) is 0 Å². The van der Waals surface area contributed by atoms with E-state index >= 15 is 0 Å². The molecule has 0 saturated heterocycles. The first-order chi connectivity index (χ1) is 9.52. The highest BCUT2D eigenvalue weighted by molar-refractivity contribution is 14.1. The van der Waals surface area contributed by atoms with Crippen molar-refractivity contribution in [2.75, 3.05) is 40.4 Å². The average molecular weight is 390 g/mol. The molecule has 1 N–H and O–H groups in total. The molecule has 0 spiro atoms. The third-order valence-corrected chi connectivity index (χ3v) is 3.34. The van der Waals surface area contributed by atoms with E-state index in [4.69, 9.17) is 4.74 Å². The van der Waals surface area contributed by atoms with Crippen molar-refractivity contribution in [2.45, 2.75) is 0 Å². The van der Waals surface area contributed by atoms with Crippen LogP contribution >= 0.6 is 22.6 Å². The molecular formula is C14H19IN2O3. The Kier molecular flexibility index (Phi) is 7.71. The molecule has 1 amide bonds. The van der Waals surface area contributed by atoms with Crippen molar-refractivity contribution >= 4 is 34.3 Å². The first-order valence-corrected chi connectivity index (χ1v) is 7.33. The van der Waals surface area contributed by atoms with Gasteiger partial charge in [-0.15, -0.1) is 0 Å². The van der Waals surface area contributed by atoms with E-state index in [0.29, 0.717) is 18.7 Å². The predicted molar refractivity (Wildman–Crippen MR) is 85.9 cm³/mol. The summed E-state index contributed by atoms with van der Waals surface area (Å²) in [4.78, 5) is 25.3. The molecule has 0 radical (unpaired) electrons. The van der Waals surface area contributed by atoms with Crippen LogP contribution in [0.3, 0.4) is 0 Å². The van der Waals surface area contributed by atoms with Crippen molar-refractivity contribution in [3.05, 3.63) is 33.4 Å². The summed E-state index contributed by atoms with van der Waals surface area (Å²) < 4.78 is 5.93. The van der Waals surface area contributed by atoms with E-state index in [1.54, 1.807) is 31.2 Å². The van der Waals surface area contributed by atoms with Gasteiger partial charge < -0.3 is 10.1 Å². The summed E-state index contributed by atoms with van der Waals surface area (Å²) in [5.74, 6) is -0.103. The number of halogens is 1. The van der Waals surface area contributed by atoms with Crippen LogP contribution in [0.5, 0.6) is 0 Å². The quantitative estimate of drug-likeness (QED) is 0.411. The average Bonchev–Trinajstić information content (AvgIpc) is 2.39. The van der Waals surface area contributed by atoms with E-state index in [0.717, 1.165) is 3.57 Å². The number of ether oxygens (including phenoxy) is 1. The van der Waals surface area contributed by atoms with Gasteiger partial charge in [0.2, 0.25) is 5.91 Å². The van der Waals surface area contributed by atoms with E-state index in [1.165, 1.54) is 0 Å². The minimum absolute atomic E-state index is 0.00796. The molecule has 1 aromatic rings. The lowest BCUT2D eigenvalue weighted by Crippen LogP contribution is -2.38. The number of carbonyl (C=O) groups excluding carboxylic acids is 2. The molecule has 1 rings (SSSR count). The van der Waals surface area contributed by atoms with Gasteiger partial charge in [0.25, 0.3) is 0 Å². The van der Waals surface area contributed by atoms with Crippen LogP contribution in [0.4, 0.5) is 0 Å². The van der Waals surface area contributed by atoms with Gasteiger partial charge in [0.1, 0.15) is 0 Å². The Morgan fingerprint density at radius 1 is 1.25 bits per heavy atom. The lowest BCUT2D eigenvalue weighted by atomic mass is 10.1. The van der Waals surface area contributed by atoms with Gasteiger partial charge in [-0.05, 0) is 41.8 Å². The molecule has 0 unspecified atom stereocenters. The first-order valence-electron chi connectivity index (χ1n) is 6.26. The van der Waals surface area contributed by atoms with Crippen molar-refractivity contribution in [1.82, 2.24) is 10.2 Å². The molecular weight excluding hydrogens is 371 g/mol. The number of nitrogens with one attached hydrogen (secondary N) is 1. The number of benzene rings is 1. The first kappa shape index (κ1) is 17.1. The third-order valence-electron chi connectivity index (χ3n) is 2.62. The van der Waals surface area contributed by atoms with Crippen LogP contribution in [0.15, 0.2) is 24.3 Å². The van der Waals surface area contributed by atoms with Crippen LogP contribution in [-0.4, -0.2) is 57.0 Å². The Labute approximate surface area is 132 Å². The number of hydrogen-bond donors (Lipinski definition) is 1. The topological polar surface area (TPSA) is 58.6 Å². The Balaban J connectivity index is 2.37. The molecule has 0 saturated carbocycles. The van der Waals surface area contributed by atoms with Crippen LogP contribution < -0.4 is 5.32 Å². The fraction of sp³-hybridized carbons (Fsp3) is 0.429. The summed E-state index contributed by atoms with van der Waals surface area (Å²) in [5, 5.41) is 2.72. The van der Waals surface area contributed by atoms with Crippen LogP contribution in [0, 0.1) is 3.57 Å². The van der Waals surface area contributed by atoms with Gasteiger partial charge in [0.05, 0.1) is 19.7 Å². The number of ketones is 1. The van der Waals surface area contributed by atoms with Crippen molar-refractivity contribution in [3.8, 4) is 0 Å². The maximum atomic E-state index is 12.0. The Hall–Kier alpha value is -0.990. The molecule has 0 atom stereocenters. The molecule has 0 aromatic heterocycles. The van der Waals surface area contributed by atoms with Gasteiger partial charge in [-0.1, -0.05) is 12.1 Å². The third kappa shape index (κ3) is 6.44. The zero-order valence-corrected chi connectivity index (χ0v) is 13.8. The van der Waals surface area contributed by atoms with Crippen molar-refractivity contribution in [3.63, 3.8) is 0 Å². The van der Waals surface area contributed by atoms with E-state index in [-0.39, 0.29) is 24.8 Å². The van der Waals surface area contributed by atoms with Gasteiger partial charge in [-0.3, -0.25) is 14.5 Å². The highest BCUT2D eigenvalue weighted by Gasteiger charge is 2.12. The van der Waals surface area contributed by atoms with E-state index in [9.17, 15) is 9.59 Å². The lowest BCUT2D eigenvalue weighted by molar-refractivity contribution is -0.122. The molecule has 5 nitrogen and oxygen atoms in total. The Morgan fingerprint density at radius 3 is 2.50 bits per heavy atom. The molecule has 0 heterocycles. The van der Waals surface area contributed by atoms with Crippen LogP contribution in [0.1, 0.15) is 10.4 Å². The monoisotopic (exact) mass is 390 g/mol. The van der Waals surface area contributed by atoms with Crippen LogP contribution in [0.25, 0.3) is 0 Å². The van der Waals surface area contributed by atoms with Crippen LogP contribution in [-0.2, 0) is 9.53 Å². The summed E-state index contributed by atoms with van der Waals surface area (Å²) in [7, 11) is 3.33. The zero-order valence-electron chi connectivity index (χ0n) is 11.7. The van der Waals surface area contributed by atoms with Crippen molar-refractivity contribution in [2.24, 2.45) is 0 Å². The van der Waals surface area contributed by atoms with E-state index in [2.05, 4.69) is 27.9 Å². The highest BCUT2D eigenvalue weighted by atomic mass is 127. The van der Waals surface area contributed by atoms with E-state index in [1.807, 2.05) is 12.1 Å². The summed E-state index contributed by atoms with van der Waals surface area (Å²) in [6.45, 7) is 1.38. The van der Waals surface area contributed by atoms with Gasteiger partial charge in [-0.2, -0.15) is 0 Å². The summed E-state index contributed by atoms with van der Waals surface area (Å²) >= 11 is 2.19. The van der Waals surface area contributed by atoms with Gasteiger partial charge in [-0.25, -0.2) is 0 Å². The molecule has 0 aliphatic carbocycles. The number of nitrogens with zero attached hydrogens (tertiary/aromatic N) is 1. The molecule has 1 aromatic carbocycles. The number of rotatable bonds is 8. The maximum Gasteiger partial charge on any atom is 0.234 e. The van der Waals surface area contributed by atoms with Gasteiger partial charge >= 0.3 is 0 Å². The number of methoxy groups -OCH3 is 1. The number of carbonyl (C=O) groups is 2. The smallest absolute Gasteiger partial charge is 0.234 e. The predicted octanol–water partition coefficient (Wildman–Crippen LogP) is 1.17. The Morgan fingerprint density at radius 2 is 1.90 bits per heavy atom. The minimum Gasteiger partial charge on any atom is -0.383 e. The second-order valence-electron chi connectivity index (χ2n) is 4.45. The number of Topliss-reactive ketones (excluding diaryl/α,β-unsaturated/α-hetero) is 1. The minimum atomic E-state index is -0.111. The largest absolute Gasteiger partial charge is 0.383 e. The molecule has 0 fully saturated rings. The second kappa shape index (κ2) is 9.04. The maximum absolute atomic E-state index is 12.0. The van der Waals surface area contributed by atoms with Gasteiger partial charge in [0.15, 0.2) is 5.78 Å². The van der Waals surface area contributed by atoms with Crippen molar-refractivity contribution < 1.29 is 14.3 Å². The molecule has 20 heavy (non-hydrogen) atoms. The molecule has 0 aliphatic rings. The van der Waals surface area contributed by atoms with Crippen molar-refractivity contribution in [1.29, 1.82) is 0 Å². The molecule has 6 heteroatoms. The fourth-order valence-electron chi connectivity index (χ4n) is 1.62. The standard InChI is InChI=1S/C14H19IN2O3/c1-17(10-14(19)16-7-8-20-2)9-13(18)11-3-5-12(15)6-4-11/h3-6H,7-10H2,1-2H3,(H,16,19). The SMILES string of the molecule is COCCNC(=O)CN(C)CC(=O)c1ccc(I)cc1. The molecule has 110 valence electrons. The number of likely N-dealkylation sites (N-methyl/N-ethyl adjacent to an activating group) is 1. The summed E-state index contributed by atoms with van der Waals surface area (Å²) in [6, 6.07) is 7.39. The van der Waals surface area contributed by atoms with Gasteiger partial charge in [0, 0.05) is 22.8 Å². The number of amides is 1. The van der Waals surface area contributed by atoms with E-state index < -0.39 is 0 Å². The summed E-state index contributed by atoms with van der Waals surface area (Å²) in [5.41, 5.74) is 0.664. The highest BCUT2D eigenvalue weighted by Crippen LogP contribution is 2.07. The fourth-order valence-corrected chi connectivity index (χ4v) is 1.98. The second-order valence-corrected chi connectivity index (χ2v) is 5.69. The lowest BCUT2D eigenvalue weighted by Gasteiger charge is -2.15. The molecule has 0 bridgehead atoms. The number of hydrogen-bond acceptors (Lipinski definition) is 4. The normalized spacial score (nSPS) is 10.6. The molecule has 0 aliphatic heterocycles. The zero-order chi connectivity index (χ0) is 15.0. The Bertz CT molecular complexity index is 448.